The van der Waals surface area contributed by atoms with Crippen LogP contribution in [-0.4, -0.2) is 26.0 Å². The summed E-state index contributed by atoms with van der Waals surface area (Å²) in [5.74, 6) is -1.17. The number of carbonyl (C=O) groups is 1. The number of hydrogen-bond acceptors (Lipinski definition) is 4. The van der Waals surface area contributed by atoms with Gasteiger partial charge in [0, 0.05) is 20.0 Å². The van der Waals surface area contributed by atoms with Crippen LogP contribution in [0, 0.1) is 5.92 Å². The summed E-state index contributed by atoms with van der Waals surface area (Å²) in [6.07, 6.45) is 0.987. The zero-order valence-electron chi connectivity index (χ0n) is 10.5. The Morgan fingerprint density at radius 1 is 1.39 bits per heavy atom. The van der Waals surface area contributed by atoms with Gasteiger partial charge in [-0.3, -0.25) is 4.79 Å². The van der Waals surface area contributed by atoms with Crippen molar-refractivity contribution in [2.45, 2.75) is 24.7 Å². The predicted octanol–water partition coefficient (Wildman–Crippen LogP) is 1.84. The summed E-state index contributed by atoms with van der Waals surface area (Å²) < 4.78 is 16.4. The van der Waals surface area contributed by atoms with Crippen molar-refractivity contribution in [3.63, 3.8) is 0 Å². The lowest BCUT2D eigenvalue weighted by molar-refractivity contribution is -0.219. The van der Waals surface area contributed by atoms with Crippen LogP contribution in [0.2, 0.25) is 0 Å². The molecule has 0 amide bonds. The van der Waals surface area contributed by atoms with Gasteiger partial charge in [-0.15, -0.1) is 0 Å². The van der Waals surface area contributed by atoms with Crippen molar-refractivity contribution in [1.29, 1.82) is 0 Å². The van der Waals surface area contributed by atoms with Gasteiger partial charge in [0.05, 0.1) is 19.1 Å². The van der Waals surface area contributed by atoms with E-state index in [1.54, 1.807) is 7.11 Å². The molecule has 4 nitrogen and oxygen atoms in total. The zero-order valence-corrected chi connectivity index (χ0v) is 10.5. The summed E-state index contributed by atoms with van der Waals surface area (Å²) in [7, 11) is 3.04. The lowest BCUT2D eigenvalue weighted by Crippen LogP contribution is -2.36. The molecule has 1 aromatic carbocycles. The van der Waals surface area contributed by atoms with E-state index in [0.717, 1.165) is 5.56 Å². The topological polar surface area (TPSA) is 44.8 Å². The first kappa shape index (κ1) is 11.7. The van der Waals surface area contributed by atoms with Crippen LogP contribution < -0.4 is 0 Å². The molecule has 18 heavy (non-hydrogen) atoms. The van der Waals surface area contributed by atoms with Crippen molar-refractivity contribution in [2.24, 2.45) is 5.92 Å². The van der Waals surface area contributed by atoms with E-state index in [1.165, 1.54) is 12.7 Å². The molecule has 2 bridgehead atoms. The van der Waals surface area contributed by atoms with Crippen LogP contribution in [0.5, 0.6) is 0 Å². The summed E-state index contributed by atoms with van der Waals surface area (Å²) in [5, 5.41) is 0. The minimum Gasteiger partial charge on any atom is -0.469 e. The average Bonchev–Trinajstić information content (AvgIpc) is 2.73. The van der Waals surface area contributed by atoms with Crippen molar-refractivity contribution in [3.8, 4) is 0 Å². The maximum atomic E-state index is 11.9. The minimum atomic E-state index is -0.669. The highest BCUT2D eigenvalue weighted by Crippen LogP contribution is 2.51. The highest BCUT2D eigenvalue weighted by Gasteiger charge is 2.54. The van der Waals surface area contributed by atoms with Crippen molar-refractivity contribution in [3.05, 3.63) is 35.4 Å². The minimum absolute atomic E-state index is 0.226. The maximum Gasteiger partial charge on any atom is 0.311 e. The number of rotatable bonds is 2. The Morgan fingerprint density at radius 3 is 2.89 bits per heavy atom. The number of benzene rings is 1. The van der Waals surface area contributed by atoms with Crippen LogP contribution in [0.1, 0.15) is 23.7 Å². The Kier molecular flexibility index (Phi) is 2.64. The van der Waals surface area contributed by atoms with Gasteiger partial charge in [-0.05, 0) is 11.1 Å². The molecule has 0 N–H and O–H groups in total. The first-order chi connectivity index (χ1) is 8.69. The second-order valence-electron chi connectivity index (χ2n) is 4.86. The van der Waals surface area contributed by atoms with E-state index in [-0.39, 0.29) is 18.0 Å². The molecular formula is C14H16O4. The average molecular weight is 248 g/mol. The number of methoxy groups -OCH3 is 2. The van der Waals surface area contributed by atoms with E-state index < -0.39 is 5.79 Å². The summed E-state index contributed by atoms with van der Waals surface area (Å²) >= 11 is 0. The Morgan fingerprint density at radius 2 is 2.17 bits per heavy atom. The van der Waals surface area contributed by atoms with Crippen LogP contribution in [-0.2, 0) is 25.4 Å². The van der Waals surface area contributed by atoms with Crippen molar-refractivity contribution >= 4 is 5.97 Å². The van der Waals surface area contributed by atoms with Gasteiger partial charge in [0.1, 0.15) is 0 Å². The second-order valence-corrected chi connectivity index (χ2v) is 4.86. The molecule has 2 heterocycles. The number of esters is 1. The highest BCUT2D eigenvalue weighted by molar-refractivity contribution is 5.74. The Bertz CT molecular complexity index is 484. The standard InChI is InChI=1S/C14H16O4/c1-16-13(15)11-8-14(17-2)7-9-5-3-4-6-10(9)12(11)18-14/h3-6,11-12H,7-8H2,1-2H3/t11-,12+,14-/m1/s1. The van der Waals surface area contributed by atoms with E-state index in [4.69, 9.17) is 14.2 Å². The third kappa shape index (κ3) is 1.56. The first-order valence-corrected chi connectivity index (χ1v) is 6.08. The molecule has 0 unspecified atom stereocenters. The van der Waals surface area contributed by atoms with Gasteiger partial charge < -0.3 is 14.2 Å². The molecule has 0 saturated carbocycles. The highest BCUT2D eigenvalue weighted by atomic mass is 16.7. The summed E-state index contributed by atoms with van der Waals surface area (Å²) in [4.78, 5) is 11.9. The number of fused-ring (bicyclic) bond motifs is 4. The van der Waals surface area contributed by atoms with E-state index in [1.807, 2.05) is 18.2 Å². The van der Waals surface area contributed by atoms with Crippen LogP contribution in [0.15, 0.2) is 24.3 Å². The van der Waals surface area contributed by atoms with Crippen molar-refractivity contribution < 1.29 is 19.0 Å². The quantitative estimate of drug-likeness (QED) is 0.749. The zero-order chi connectivity index (χ0) is 12.8. The van der Waals surface area contributed by atoms with Crippen LogP contribution in [0.3, 0.4) is 0 Å². The van der Waals surface area contributed by atoms with Gasteiger partial charge in [-0.2, -0.15) is 0 Å². The second kappa shape index (κ2) is 4.07. The Hall–Kier alpha value is -1.39. The van der Waals surface area contributed by atoms with Crippen LogP contribution in [0.25, 0.3) is 0 Å². The molecule has 96 valence electrons. The normalized spacial score (nSPS) is 33.0. The molecule has 1 saturated heterocycles. The van der Waals surface area contributed by atoms with Crippen molar-refractivity contribution in [2.75, 3.05) is 14.2 Å². The lowest BCUT2D eigenvalue weighted by Gasteiger charge is -2.33. The molecule has 3 atom stereocenters. The summed E-state index contributed by atoms with van der Waals surface area (Å²) in [6.45, 7) is 0. The van der Waals surface area contributed by atoms with Gasteiger partial charge in [0.2, 0.25) is 0 Å². The van der Waals surface area contributed by atoms with Gasteiger partial charge in [0.15, 0.2) is 5.79 Å². The maximum absolute atomic E-state index is 11.9. The molecule has 3 rings (SSSR count). The van der Waals surface area contributed by atoms with E-state index in [2.05, 4.69) is 6.07 Å². The van der Waals surface area contributed by atoms with Gasteiger partial charge in [-0.1, -0.05) is 24.3 Å². The Labute approximate surface area is 106 Å². The fourth-order valence-corrected chi connectivity index (χ4v) is 3.02. The molecule has 0 aliphatic carbocycles. The lowest BCUT2D eigenvalue weighted by atomic mass is 9.94. The predicted molar refractivity (Wildman–Crippen MR) is 63.8 cm³/mol. The SMILES string of the molecule is COC(=O)[C@@H]1C[C@@]2(OC)Cc3ccccc3[C@@H]1O2. The molecule has 2 aliphatic rings. The molecule has 4 heteroatoms. The number of carbonyl (C=O) groups excluding carboxylic acids is 1. The molecule has 2 aliphatic heterocycles. The third-order valence-electron chi connectivity index (χ3n) is 3.94. The molecule has 0 radical (unpaired) electrons. The molecule has 1 aromatic rings. The molecule has 0 spiro atoms. The monoisotopic (exact) mass is 248 g/mol. The summed E-state index contributed by atoms with van der Waals surface area (Å²) in [6, 6.07) is 8.05. The van der Waals surface area contributed by atoms with Crippen molar-refractivity contribution in [1.82, 2.24) is 0 Å². The van der Waals surface area contributed by atoms with Gasteiger partial charge >= 0.3 is 5.97 Å². The van der Waals surface area contributed by atoms with Crippen LogP contribution in [0.4, 0.5) is 0 Å². The van der Waals surface area contributed by atoms with Crippen LogP contribution >= 0.6 is 0 Å². The largest absolute Gasteiger partial charge is 0.469 e. The van der Waals surface area contributed by atoms with Gasteiger partial charge in [0.25, 0.3) is 0 Å². The number of ether oxygens (including phenoxy) is 3. The van der Waals surface area contributed by atoms with E-state index in [9.17, 15) is 4.79 Å². The van der Waals surface area contributed by atoms with E-state index >= 15 is 0 Å². The number of hydrogen-bond donors (Lipinski definition) is 0. The fraction of sp³-hybridized carbons (Fsp3) is 0.500. The molecule has 0 aromatic heterocycles. The smallest absolute Gasteiger partial charge is 0.311 e. The molecular weight excluding hydrogens is 232 g/mol. The fourth-order valence-electron chi connectivity index (χ4n) is 3.02. The summed E-state index contributed by atoms with van der Waals surface area (Å²) in [5.41, 5.74) is 2.28. The third-order valence-corrected chi connectivity index (χ3v) is 3.94. The Balaban J connectivity index is 2.05. The van der Waals surface area contributed by atoms with Gasteiger partial charge in [-0.25, -0.2) is 0 Å². The first-order valence-electron chi connectivity index (χ1n) is 6.08. The van der Waals surface area contributed by atoms with E-state index in [0.29, 0.717) is 12.8 Å². The molecule has 1 fully saturated rings.